The maximum Gasteiger partial charge on any atom is 0.252 e. The van der Waals surface area contributed by atoms with Gasteiger partial charge in [-0.25, -0.2) is 0 Å². The van der Waals surface area contributed by atoms with Crippen LogP contribution in [0.5, 0.6) is 0 Å². The van der Waals surface area contributed by atoms with E-state index in [9.17, 15) is 9.90 Å². The number of rotatable bonds is 4. The van der Waals surface area contributed by atoms with E-state index in [2.05, 4.69) is 21.2 Å². The summed E-state index contributed by atoms with van der Waals surface area (Å²) < 4.78 is 0.665. The fraction of sp³-hybridized carbons (Fsp3) is 0.133. The zero-order chi connectivity index (χ0) is 14.5. The molecule has 0 fully saturated rings. The minimum atomic E-state index is -0.736. The number of hydrogen-bond acceptors (Lipinski definition) is 3. The molecule has 0 saturated heterocycles. The van der Waals surface area contributed by atoms with E-state index in [1.165, 1.54) is 0 Å². The molecule has 104 valence electrons. The van der Waals surface area contributed by atoms with Gasteiger partial charge in [-0.15, -0.1) is 0 Å². The number of nitrogen functional groups attached to an aromatic ring is 1. The van der Waals surface area contributed by atoms with Gasteiger partial charge >= 0.3 is 0 Å². The lowest BCUT2D eigenvalue weighted by molar-refractivity contribution is 0.0915. The SMILES string of the molecule is Nc1ccc(Br)c(C(=O)NCC(O)c2ccccc2)c1. The first-order valence-corrected chi connectivity index (χ1v) is 6.93. The highest BCUT2D eigenvalue weighted by Crippen LogP contribution is 2.19. The van der Waals surface area contributed by atoms with Crippen LogP contribution >= 0.6 is 15.9 Å². The zero-order valence-electron chi connectivity index (χ0n) is 10.7. The summed E-state index contributed by atoms with van der Waals surface area (Å²) in [5.74, 6) is -0.279. The van der Waals surface area contributed by atoms with Crippen molar-refractivity contribution in [3.63, 3.8) is 0 Å². The van der Waals surface area contributed by atoms with Gasteiger partial charge in [-0.05, 0) is 39.7 Å². The maximum absolute atomic E-state index is 12.0. The topological polar surface area (TPSA) is 75.4 Å². The molecular formula is C15H15BrN2O2. The molecule has 0 saturated carbocycles. The summed E-state index contributed by atoms with van der Waals surface area (Å²) in [6.45, 7) is 0.143. The van der Waals surface area contributed by atoms with Crippen LogP contribution < -0.4 is 11.1 Å². The van der Waals surface area contributed by atoms with Gasteiger partial charge in [-0.1, -0.05) is 30.3 Å². The Labute approximate surface area is 125 Å². The molecule has 0 aromatic heterocycles. The Hall–Kier alpha value is -1.85. The summed E-state index contributed by atoms with van der Waals surface area (Å²) in [7, 11) is 0. The monoisotopic (exact) mass is 334 g/mol. The van der Waals surface area contributed by atoms with E-state index in [0.29, 0.717) is 15.7 Å². The number of halogens is 1. The number of amides is 1. The molecule has 2 aromatic carbocycles. The van der Waals surface area contributed by atoms with Crippen LogP contribution in [0.15, 0.2) is 53.0 Å². The molecule has 0 heterocycles. The quantitative estimate of drug-likeness (QED) is 0.752. The lowest BCUT2D eigenvalue weighted by atomic mass is 10.1. The molecule has 0 aliphatic heterocycles. The number of aliphatic hydroxyl groups excluding tert-OH is 1. The minimum Gasteiger partial charge on any atom is -0.399 e. The van der Waals surface area contributed by atoms with Crippen LogP contribution in [0.2, 0.25) is 0 Å². The number of hydrogen-bond donors (Lipinski definition) is 3. The third-order valence-corrected chi connectivity index (χ3v) is 3.57. The number of carbonyl (C=O) groups is 1. The van der Waals surface area contributed by atoms with Crippen LogP contribution in [0.25, 0.3) is 0 Å². The van der Waals surface area contributed by atoms with E-state index < -0.39 is 6.10 Å². The Balaban J connectivity index is 2.00. The zero-order valence-corrected chi connectivity index (χ0v) is 12.3. The fourth-order valence-electron chi connectivity index (χ4n) is 1.79. The second-order valence-electron chi connectivity index (χ2n) is 4.38. The first kappa shape index (κ1) is 14.6. The van der Waals surface area contributed by atoms with Crippen molar-refractivity contribution in [2.45, 2.75) is 6.10 Å². The molecule has 1 unspecified atom stereocenters. The van der Waals surface area contributed by atoms with Crippen molar-refractivity contribution in [3.05, 3.63) is 64.1 Å². The molecule has 20 heavy (non-hydrogen) atoms. The van der Waals surface area contributed by atoms with Gasteiger partial charge in [0.1, 0.15) is 0 Å². The van der Waals surface area contributed by atoms with Crippen molar-refractivity contribution < 1.29 is 9.90 Å². The standard InChI is InChI=1S/C15H15BrN2O2/c16-13-7-6-11(17)8-12(13)15(20)18-9-14(19)10-4-2-1-3-5-10/h1-8,14,19H,9,17H2,(H,18,20). The first-order chi connectivity index (χ1) is 9.58. The number of benzene rings is 2. The normalized spacial score (nSPS) is 11.9. The first-order valence-electron chi connectivity index (χ1n) is 6.14. The average molecular weight is 335 g/mol. The van der Waals surface area contributed by atoms with Crippen molar-refractivity contribution in [2.24, 2.45) is 0 Å². The van der Waals surface area contributed by atoms with Crippen molar-refractivity contribution in [2.75, 3.05) is 12.3 Å². The Kier molecular flexibility index (Phi) is 4.76. The molecule has 0 radical (unpaired) electrons. The highest BCUT2D eigenvalue weighted by atomic mass is 79.9. The summed E-state index contributed by atoms with van der Waals surface area (Å²) >= 11 is 3.30. The molecule has 2 aromatic rings. The number of nitrogens with one attached hydrogen (secondary N) is 1. The molecular weight excluding hydrogens is 320 g/mol. The van der Waals surface area contributed by atoms with E-state index in [1.54, 1.807) is 18.2 Å². The molecule has 0 aliphatic rings. The van der Waals surface area contributed by atoms with Crippen molar-refractivity contribution in [1.29, 1.82) is 0 Å². The Morgan fingerprint density at radius 1 is 1.25 bits per heavy atom. The van der Waals surface area contributed by atoms with E-state index >= 15 is 0 Å². The van der Waals surface area contributed by atoms with Crippen molar-refractivity contribution in [1.82, 2.24) is 5.32 Å². The largest absolute Gasteiger partial charge is 0.399 e. The second kappa shape index (κ2) is 6.54. The lowest BCUT2D eigenvalue weighted by Crippen LogP contribution is -2.28. The van der Waals surface area contributed by atoms with Crippen LogP contribution in [0.4, 0.5) is 5.69 Å². The van der Waals surface area contributed by atoms with Crippen LogP contribution in [0, 0.1) is 0 Å². The van der Waals surface area contributed by atoms with Gasteiger partial charge in [-0.2, -0.15) is 0 Å². The van der Waals surface area contributed by atoms with E-state index in [-0.39, 0.29) is 12.5 Å². The number of carbonyl (C=O) groups excluding carboxylic acids is 1. The summed E-state index contributed by atoms with van der Waals surface area (Å²) in [5.41, 5.74) is 7.39. The summed E-state index contributed by atoms with van der Waals surface area (Å²) in [4.78, 5) is 12.0. The molecule has 1 atom stereocenters. The van der Waals surface area contributed by atoms with E-state index in [4.69, 9.17) is 5.73 Å². The highest BCUT2D eigenvalue weighted by Gasteiger charge is 2.13. The Morgan fingerprint density at radius 3 is 2.65 bits per heavy atom. The molecule has 2 rings (SSSR count). The Morgan fingerprint density at radius 2 is 1.95 bits per heavy atom. The number of aliphatic hydroxyl groups is 1. The molecule has 4 N–H and O–H groups in total. The average Bonchev–Trinajstić information content (AvgIpc) is 2.47. The van der Waals surface area contributed by atoms with E-state index in [0.717, 1.165) is 5.56 Å². The van der Waals surface area contributed by atoms with Gasteiger partial charge in [-0.3, -0.25) is 4.79 Å². The lowest BCUT2D eigenvalue weighted by Gasteiger charge is -2.13. The van der Waals surface area contributed by atoms with Crippen LogP contribution in [-0.2, 0) is 0 Å². The van der Waals surface area contributed by atoms with Gasteiger partial charge in [0.25, 0.3) is 5.91 Å². The molecule has 5 heteroatoms. The summed E-state index contributed by atoms with van der Waals surface area (Å²) in [6, 6.07) is 14.2. The van der Waals surface area contributed by atoms with E-state index in [1.807, 2.05) is 30.3 Å². The third kappa shape index (κ3) is 3.59. The summed E-state index contributed by atoms with van der Waals surface area (Å²) in [5, 5.41) is 12.7. The van der Waals surface area contributed by atoms with Crippen molar-refractivity contribution >= 4 is 27.5 Å². The predicted molar refractivity (Wildman–Crippen MR) is 82.3 cm³/mol. The smallest absolute Gasteiger partial charge is 0.252 e. The molecule has 1 amide bonds. The van der Waals surface area contributed by atoms with Crippen LogP contribution in [0.1, 0.15) is 22.0 Å². The second-order valence-corrected chi connectivity index (χ2v) is 5.23. The molecule has 0 spiro atoms. The van der Waals surface area contributed by atoms with Crippen LogP contribution in [-0.4, -0.2) is 17.6 Å². The van der Waals surface area contributed by atoms with Gasteiger partial charge < -0.3 is 16.2 Å². The van der Waals surface area contributed by atoms with Crippen LogP contribution in [0.3, 0.4) is 0 Å². The number of anilines is 1. The number of nitrogens with two attached hydrogens (primary N) is 1. The van der Waals surface area contributed by atoms with Gasteiger partial charge in [0.2, 0.25) is 0 Å². The minimum absolute atomic E-state index is 0.143. The Bertz CT molecular complexity index is 602. The van der Waals surface area contributed by atoms with Crippen molar-refractivity contribution in [3.8, 4) is 0 Å². The fourth-order valence-corrected chi connectivity index (χ4v) is 2.22. The highest BCUT2D eigenvalue weighted by molar-refractivity contribution is 9.10. The molecule has 0 bridgehead atoms. The molecule has 4 nitrogen and oxygen atoms in total. The molecule has 0 aliphatic carbocycles. The summed E-state index contributed by atoms with van der Waals surface area (Å²) in [6.07, 6.45) is -0.736. The van der Waals surface area contributed by atoms with Gasteiger partial charge in [0.15, 0.2) is 0 Å². The maximum atomic E-state index is 12.0. The van der Waals surface area contributed by atoms with Gasteiger partial charge in [0, 0.05) is 16.7 Å². The predicted octanol–water partition coefficient (Wildman–Crippen LogP) is 2.49. The van der Waals surface area contributed by atoms with Gasteiger partial charge in [0.05, 0.1) is 11.7 Å². The third-order valence-electron chi connectivity index (χ3n) is 2.88.